The molecule has 3 heterocycles. The quantitative estimate of drug-likeness (QED) is 0.459. The molecule has 0 saturated heterocycles. The van der Waals surface area contributed by atoms with Crippen molar-refractivity contribution in [1.82, 2.24) is 24.9 Å². The Bertz CT molecular complexity index is 1410. The van der Waals surface area contributed by atoms with Crippen molar-refractivity contribution in [2.75, 3.05) is 6.54 Å². The molecule has 1 aliphatic heterocycles. The highest BCUT2D eigenvalue weighted by molar-refractivity contribution is 5.94. The second-order valence-corrected chi connectivity index (χ2v) is 8.94. The molecule has 0 fully saturated rings. The van der Waals surface area contributed by atoms with Crippen LogP contribution in [0.5, 0.6) is 0 Å². The van der Waals surface area contributed by atoms with Crippen molar-refractivity contribution in [2.45, 2.75) is 45.7 Å². The fourth-order valence-corrected chi connectivity index (χ4v) is 5.02. The molecule has 1 aliphatic rings. The van der Waals surface area contributed by atoms with Crippen LogP contribution in [-0.4, -0.2) is 48.4 Å². The monoisotopic (exact) mass is 469 g/mol. The first kappa shape index (κ1) is 22.7. The zero-order valence-electron chi connectivity index (χ0n) is 19.8. The molecule has 8 nitrogen and oxygen atoms in total. The summed E-state index contributed by atoms with van der Waals surface area (Å²) < 4.78 is 1.84. The van der Waals surface area contributed by atoms with Crippen LogP contribution in [0.3, 0.4) is 0 Å². The van der Waals surface area contributed by atoms with Crippen LogP contribution in [-0.2, 0) is 24.3 Å². The molecule has 1 atom stereocenters. The van der Waals surface area contributed by atoms with Crippen LogP contribution >= 0.6 is 0 Å². The second kappa shape index (κ2) is 9.29. The van der Waals surface area contributed by atoms with Crippen molar-refractivity contribution < 1.29 is 14.7 Å². The van der Waals surface area contributed by atoms with E-state index in [9.17, 15) is 14.7 Å². The Morgan fingerprint density at radius 2 is 1.89 bits per heavy atom. The Morgan fingerprint density at radius 1 is 1.09 bits per heavy atom. The van der Waals surface area contributed by atoms with Crippen LogP contribution in [0.1, 0.15) is 57.4 Å². The van der Waals surface area contributed by atoms with Crippen molar-refractivity contribution in [3.63, 3.8) is 0 Å². The molecular weight excluding hydrogens is 442 g/mol. The van der Waals surface area contributed by atoms with Crippen LogP contribution in [0, 0.1) is 6.92 Å². The third-order valence-corrected chi connectivity index (χ3v) is 6.90. The van der Waals surface area contributed by atoms with E-state index in [0.29, 0.717) is 25.2 Å². The van der Waals surface area contributed by atoms with Crippen LogP contribution < -0.4 is 0 Å². The zero-order chi connectivity index (χ0) is 24.5. The molecule has 1 N–H and O–H groups in total. The number of hydrogen-bond donors (Lipinski definition) is 1. The number of carboxylic acid groups (broad SMARTS) is 1. The van der Waals surface area contributed by atoms with E-state index < -0.39 is 5.97 Å². The lowest BCUT2D eigenvalue weighted by molar-refractivity contribution is -0.137. The van der Waals surface area contributed by atoms with Crippen molar-refractivity contribution >= 4 is 22.9 Å². The van der Waals surface area contributed by atoms with E-state index >= 15 is 0 Å². The van der Waals surface area contributed by atoms with E-state index in [1.54, 1.807) is 24.5 Å². The fourth-order valence-electron chi connectivity index (χ4n) is 5.02. The van der Waals surface area contributed by atoms with Gasteiger partial charge in [-0.2, -0.15) is 0 Å². The van der Waals surface area contributed by atoms with Gasteiger partial charge in [-0.05, 0) is 66.3 Å². The second-order valence-electron chi connectivity index (χ2n) is 8.94. The molecule has 2 aromatic heterocycles. The first-order chi connectivity index (χ1) is 17.0. The lowest BCUT2D eigenvalue weighted by Crippen LogP contribution is -2.36. The van der Waals surface area contributed by atoms with Gasteiger partial charge in [-0.3, -0.25) is 14.6 Å². The first-order valence-corrected chi connectivity index (χ1v) is 11.8. The Hall–Kier alpha value is -4.07. The van der Waals surface area contributed by atoms with Gasteiger partial charge in [-0.15, -0.1) is 5.10 Å². The van der Waals surface area contributed by atoms with Gasteiger partial charge in [-0.25, -0.2) is 4.68 Å². The van der Waals surface area contributed by atoms with Crippen molar-refractivity contribution in [3.8, 4) is 0 Å². The lowest BCUT2D eigenvalue weighted by atomic mass is 9.83. The summed E-state index contributed by atoms with van der Waals surface area (Å²) in [6, 6.07) is 13.6. The van der Waals surface area contributed by atoms with Gasteiger partial charge in [-0.1, -0.05) is 29.5 Å². The van der Waals surface area contributed by atoms with Gasteiger partial charge in [0.05, 0.1) is 11.9 Å². The number of fused-ring (bicyclic) bond motifs is 2. The van der Waals surface area contributed by atoms with Crippen LogP contribution in [0.4, 0.5) is 0 Å². The molecule has 0 bridgehead atoms. The highest BCUT2D eigenvalue weighted by Crippen LogP contribution is 2.35. The van der Waals surface area contributed by atoms with Gasteiger partial charge in [0, 0.05) is 43.5 Å². The Morgan fingerprint density at radius 3 is 2.63 bits per heavy atom. The average molecular weight is 470 g/mol. The largest absolute Gasteiger partial charge is 0.481 e. The van der Waals surface area contributed by atoms with Crippen molar-refractivity contribution in [3.05, 3.63) is 88.2 Å². The number of aryl methyl sites for hydroxylation is 2. The van der Waals surface area contributed by atoms with Gasteiger partial charge in [0.2, 0.25) is 0 Å². The maximum Gasteiger partial charge on any atom is 0.304 e. The van der Waals surface area contributed by atoms with Crippen molar-refractivity contribution in [1.29, 1.82) is 0 Å². The van der Waals surface area contributed by atoms with Crippen LogP contribution in [0.25, 0.3) is 11.0 Å². The van der Waals surface area contributed by atoms with E-state index in [-0.39, 0.29) is 18.2 Å². The molecule has 4 aromatic rings. The smallest absolute Gasteiger partial charge is 0.304 e. The van der Waals surface area contributed by atoms with E-state index in [4.69, 9.17) is 0 Å². The molecule has 2 aromatic carbocycles. The summed E-state index contributed by atoms with van der Waals surface area (Å²) in [6.07, 6.45) is 3.98. The number of pyridine rings is 1. The summed E-state index contributed by atoms with van der Waals surface area (Å²) in [5.41, 5.74) is 7.42. The molecule has 1 amide bonds. The third-order valence-electron chi connectivity index (χ3n) is 6.90. The summed E-state index contributed by atoms with van der Waals surface area (Å²) >= 11 is 0. The number of aromatic nitrogens is 4. The molecule has 0 spiro atoms. The van der Waals surface area contributed by atoms with Crippen LogP contribution in [0.2, 0.25) is 0 Å². The molecule has 5 rings (SSSR count). The molecule has 35 heavy (non-hydrogen) atoms. The fraction of sp³-hybridized carbons (Fsp3) is 0.296. The molecule has 178 valence electrons. The van der Waals surface area contributed by atoms with Gasteiger partial charge in [0.1, 0.15) is 5.52 Å². The van der Waals surface area contributed by atoms with Gasteiger partial charge >= 0.3 is 5.97 Å². The number of carboxylic acids is 1. The number of hydrogen-bond acceptors (Lipinski definition) is 5. The van der Waals surface area contributed by atoms with Crippen molar-refractivity contribution in [2.24, 2.45) is 0 Å². The predicted molar refractivity (Wildman–Crippen MR) is 131 cm³/mol. The highest BCUT2D eigenvalue weighted by atomic mass is 16.4. The summed E-state index contributed by atoms with van der Waals surface area (Å²) in [6.45, 7) is 5.85. The standard InChI is InChI=1S/C27H27N5O3/c1-3-32-24-7-6-22(17(2)26(24)29-30-32)23(15-25(33)34)20-5-4-18-10-13-31(16-21(18)14-20)27(35)19-8-11-28-12-9-19/h4-9,11-12,14,23H,3,10,13,15-16H2,1-2H3,(H,33,34). The molecular formula is C27H27N5O3. The SMILES string of the molecule is CCn1nnc2c(C)c(C(CC(=O)O)c3ccc4c(c3)CN(C(=O)c3ccncc3)CC4)ccc21. The average Bonchev–Trinajstić information content (AvgIpc) is 3.31. The minimum absolute atomic E-state index is 0.0224. The summed E-state index contributed by atoms with van der Waals surface area (Å²) in [4.78, 5) is 30.7. The molecule has 0 aliphatic carbocycles. The van der Waals surface area contributed by atoms with Gasteiger partial charge in [0.25, 0.3) is 5.91 Å². The van der Waals surface area contributed by atoms with E-state index in [1.165, 1.54) is 5.56 Å². The summed E-state index contributed by atoms with van der Waals surface area (Å²) in [7, 11) is 0. The van der Waals surface area contributed by atoms with E-state index in [0.717, 1.165) is 39.7 Å². The Kier molecular flexibility index (Phi) is 6.03. The predicted octanol–water partition coefficient (Wildman–Crippen LogP) is 3.96. The van der Waals surface area contributed by atoms with Gasteiger partial charge < -0.3 is 10.0 Å². The molecule has 8 heteroatoms. The maximum atomic E-state index is 13.0. The van der Waals surface area contributed by atoms with Gasteiger partial charge in [0.15, 0.2) is 0 Å². The first-order valence-electron chi connectivity index (χ1n) is 11.8. The van der Waals surface area contributed by atoms with E-state index in [2.05, 4.69) is 27.4 Å². The number of benzene rings is 2. The Balaban J connectivity index is 1.50. The third kappa shape index (κ3) is 4.27. The zero-order valence-corrected chi connectivity index (χ0v) is 19.8. The molecule has 1 unspecified atom stereocenters. The number of carbonyl (C=O) groups excluding carboxylic acids is 1. The Labute approximate surface area is 203 Å². The number of nitrogens with zero attached hydrogens (tertiary/aromatic N) is 5. The maximum absolute atomic E-state index is 13.0. The minimum atomic E-state index is -0.862. The number of amides is 1. The molecule has 0 saturated carbocycles. The lowest BCUT2D eigenvalue weighted by Gasteiger charge is -2.30. The van der Waals surface area contributed by atoms with E-state index in [1.807, 2.05) is 41.6 Å². The van der Waals surface area contributed by atoms with Crippen LogP contribution in [0.15, 0.2) is 54.9 Å². The molecule has 0 radical (unpaired) electrons. The number of aliphatic carboxylic acids is 1. The highest BCUT2D eigenvalue weighted by Gasteiger charge is 2.26. The summed E-state index contributed by atoms with van der Waals surface area (Å²) in [5.74, 6) is -1.22. The number of rotatable bonds is 6. The minimum Gasteiger partial charge on any atom is -0.481 e. The normalized spacial score (nSPS) is 14.1. The summed E-state index contributed by atoms with van der Waals surface area (Å²) in [5, 5.41) is 18.3. The number of carbonyl (C=O) groups is 2. The topological polar surface area (TPSA) is 101 Å².